The van der Waals surface area contributed by atoms with Crippen LogP contribution in [0.2, 0.25) is 0 Å². The molecule has 0 fully saturated rings. The Hall–Kier alpha value is -2.48. The number of nitrogens with zero attached hydrogens (tertiary/aromatic N) is 2. The van der Waals surface area contributed by atoms with Crippen LogP contribution in [0.15, 0.2) is 34.9 Å². The van der Waals surface area contributed by atoms with Crippen LogP contribution in [-0.4, -0.2) is 21.0 Å². The van der Waals surface area contributed by atoms with Gasteiger partial charge in [0.25, 0.3) is 0 Å². The van der Waals surface area contributed by atoms with Gasteiger partial charge < -0.3 is 9.84 Å². The maximum absolute atomic E-state index is 11.1. The minimum absolute atomic E-state index is 0.0376. The summed E-state index contributed by atoms with van der Waals surface area (Å²) < 4.78 is 5.92. The summed E-state index contributed by atoms with van der Waals surface area (Å²) in [5.74, 6) is -1.46. The Bertz CT molecular complexity index is 732. The molecular weight excluding hydrogens is 344 g/mol. The number of pyridine rings is 1. The molecule has 0 unspecified atom stereocenters. The number of hydrogen-bond donors (Lipinski definition) is 1. The van der Waals surface area contributed by atoms with Gasteiger partial charge in [-0.1, -0.05) is 15.9 Å². The third-order valence-electron chi connectivity index (χ3n) is 2.62. The van der Waals surface area contributed by atoms with Gasteiger partial charge in [-0.3, -0.25) is 10.1 Å². The van der Waals surface area contributed by atoms with Gasteiger partial charge in [-0.25, -0.2) is 9.78 Å². The number of rotatable bonds is 4. The lowest BCUT2D eigenvalue weighted by atomic mass is 10.2. The molecule has 0 radical (unpaired) electrons. The minimum Gasteiger partial charge on any atom is -0.477 e. The van der Waals surface area contributed by atoms with Gasteiger partial charge in [-0.05, 0) is 25.1 Å². The van der Waals surface area contributed by atoms with Crippen molar-refractivity contribution in [3.8, 4) is 11.6 Å². The highest BCUT2D eigenvalue weighted by atomic mass is 79.9. The molecular formula is C13H9BrN2O5. The van der Waals surface area contributed by atoms with Crippen LogP contribution in [0.3, 0.4) is 0 Å². The Morgan fingerprint density at radius 3 is 2.81 bits per heavy atom. The van der Waals surface area contributed by atoms with Crippen molar-refractivity contribution in [2.45, 2.75) is 6.92 Å². The van der Waals surface area contributed by atoms with Crippen LogP contribution in [-0.2, 0) is 0 Å². The molecule has 0 saturated heterocycles. The normalized spacial score (nSPS) is 10.2. The zero-order valence-electron chi connectivity index (χ0n) is 10.7. The molecule has 2 rings (SSSR count). The number of carboxylic acids is 1. The van der Waals surface area contributed by atoms with E-state index in [1.54, 1.807) is 13.0 Å². The summed E-state index contributed by atoms with van der Waals surface area (Å²) in [4.78, 5) is 25.4. The number of halogens is 1. The van der Waals surface area contributed by atoms with Crippen molar-refractivity contribution >= 4 is 27.6 Å². The third-order valence-corrected chi connectivity index (χ3v) is 3.07. The fourth-order valence-corrected chi connectivity index (χ4v) is 2.27. The second-order valence-corrected chi connectivity index (χ2v) is 5.01. The van der Waals surface area contributed by atoms with Gasteiger partial charge in [0, 0.05) is 22.3 Å². The van der Waals surface area contributed by atoms with Crippen molar-refractivity contribution in [1.29, 1.82) is 0 Å². The van der Waals surface area contributed by atoms with Crippen LogP contribution in [0.1, 0.15) is 15.9 Å². The zero-order chi connectivity index (χ0) is 15.6. The number of aromatic nitrogens is 1. The van der Waals surface area contributed by atoms with E-state index in [2.05, 4.69) is 20.9 Å². The lowest BCUT2D eigenvalue weighted by molar-refractivity contribution is -0.385. The van der Waals surface area contributed by atoms with Gasteiger partial charge in [0.1, 0.15) is 5.56 Å². The SMILES string of the molecule is Cc1cc(Br)cc([N+](=O)[O-])c1Oc1ncccc1C(=O)O. The second kappa shape index (κ2) is 5.88. The molecule has 1 N–H and O–H groups in total. The summed E-state index contributed by atoms with van der Waals surface area (Å²) >= 11 is 3.17. The van der Waals surface area contributed by atoms with Gasteiger partial charge in [-0.2, -0.15) is 0 Å². The van der Waals surface area contributed by atoms with Gasteiger partial charge in [0.05, 0.1) is 4.92 Å². The number of hydrogen-bond acceptors (Lipinski definition) is 5. The van der Waals surface area contributed by atoms with E-state index in [-0.39, 0.29) is 22.9 Å². The number of aryl methyl sites for hydroxylation is 1. The molecule has 108 valence electrons. The molecule has 7 nitrogen and oxygen atoms in total. The quantitative estimate of drug-likeness (QED) is 0.666. The topological polar surface area (TPSA) is 103 Å². The van der Waals surface area contributed by atoms with E-state index in [1.807, 2.05) is 0 Å². The number of benzene rings is 1. The fourth-order valence-electron chi connectivity index (χ4n) is 1.71. The predicted octanol–water partition coefficient (Wildman–Crippen LogP) is 3.55. The van der Waals surface area contributed by atoms with Crippen LogP contribution in [0.5, 0.6) is 11.6 Å². The van der Waals surface area contributed by atoms with Crippen LogP contribution < -0.4 is 4.74 Å². The molecule has 1 aromatic carbocycles. The summed E-state index contributed by atoms with van der Waals surface area (Å²) in [6.07, 6.45) is 1.35. The van der Waals surface area contributed by atoms with Crippen molar-refractivity contribution in [2.24, 2.45) is 0 Å². The molecule has 0 aliphatic carbocycles. The molecule has 0 atom stereocenters. The molecule has 2 aromatic rings. The van der Waals surface area contributed by atoms with Crippen LogP contribution in [0.25, 0.3) is 0 Å². The Kier molecular flexibility index (Phi) is 4.18. The largest absolute Gasteiger partial charge is 0.477 e. The number of ether oxygens (including phenoxy) is 1. The molecule has 0 aliphatic heterocycles. The molecule has 0 aliphatic rings. The number of carboxylic acid groups (broad SMARTS) is 1. The van der Waals surface area contributed by atoms with Crippen molar-refractivity contribution in [3.05, 3.63) is 56.2 Å². The number of carbonyl (C=O) groups is 1. The highest BCUT2D eigenvalue weighted by Gasteiger charge is 2.22. The van der Waals surface area contributed by atoms with Crippen LogP contribution in [0, 0.1) is 17.0 Å². The Morgan fingerprint density at radius 1 is 1.48 bits per heavy atom. The molecule has 1 heterocycles. The zero-order valence-corrected chi connectivity index (χ0v) is 12.3. The first-order valence-electron chi connectivity index (χ1n) is 5.71. The lowest BCUT2D eigenvalue weighted by Gasteiger charge is -2.10. The summed E-state index contributed by atoms with van der Waals surface area (Å²) in [5, 5.41) is 20.2. The van der Waals surface area contributed by atoms with Crippen LogP contribution >= 0.6 is 15.9 Å². The predicted molar refractivity (Wildman–Crippen MR) is 76.8 cm³/mol. The standard InChI is InChI=1S/C13H9BrN2O5/c1-7-5-8(14)6-10(16(19)20)11(7)21-12-9(13(17)18)3-2-4-15-12/h2-6H,1H3,(H,17,18). The van der Waals surface area contributed by atoms with Crippen molar-refractivity contribution in [3.63, 3.8) is 0 Å². The monoisotopic (exact) mass is 352 g/mol. The van der Waals surface area contributed by atoms with Gasteiger partial charge in [0.15, 0.2) is 0 Å². The van der Waals surface area contributed by atoms with Crippen LogP contribution in [0.4, 0.5) is 5.69 Å². The summed E-state index contributed by atoms with van der Waals surface area (Å²) in [6.45, 7) is 1.62. The van der Waals surface area contributed by atoms with E-state index in [0.29, 0.717) is 10.0 Å². The van der Waals surface area contributed by atoms with Crippen molar-refractivity contribution < 1.29 is 19.6 Å². The smallest absolute Gasteiger partial charge is 0.341 e. The molecule has 0 amide bonds. The van der Waals surface area contributed by atoms with Gasteiger partial charge in [0.2, 0.25) is 11.6 Å². The summed E-state index contributed by atoms with van der Waals surface area (Å²) in [7, 11) is 0. The van der Waals surface area contributed by atoms with E-state index < -0.39 is 10.9 Å². The van der Waals surface area contributed by atoms with Crippen molar-refractivity contribution in [1.82, 2.24) is 4.98 Å². The second-order valence-electron chi connectivity index (χ2n) is 4.09. The van der Waals surface area contributed by atoms with E-state index in [4.69, 9.17) is 9.84 Å². The third kappa shape index (κ3) is 3.16. The molecule has 21 heavy (non-hydrogen) atoms. The number of nitro benzene ring substituents is 1. The molecule has 8 heteroatoms. The summed E-state index contributed by atoms with van der Waals surface area (Å²) in [6, 6.07) is 5.67. The van der Waals surface area contributed by atoms with Gasteiger partial charge >= 0.3 is 11.7 Å². The first-order chi connectivity index (χ1) is 9.90. The highest BCUT2D eigenvalue weighted by Crippen LogP contribution is 2.37. The number of nitro groups is 1. The Labute approximate surface area is 127 Å². The lowest BCUT2D eigenvalue weighted by Crippen LogP contribution is -2.03. The highest BCUT2D eigenvalue weighted by molar-refractivity contribution is 9.10. The van der Waals surface area contributed by atoms with E-state index in [0.717, 1.165) is 0 Å². The molecule has 0 spiro atoms. The first-order valence-corrected chi connectivity index (χ1v) is 6.50. The Morgan fingerprint density at radius 2 is 2.19 bits per heavy atom. The average Bonchev–Trinajstić information content (AvgIpc) is 2.41. The maximum Gasteiger partial charge on any atom is 0.341 e. The van der Waals surface area contributed by atoms with E-state index >= 15 is 0 Å². The minimum atomic E-state index is -1.23. The molecule has 0 bridgehead atoms. The molecule has 1 aromatic heterocycles. The van der Waals surface area contributed by atoms with E-state index in [9.17, 15) is 14.9 Å². The van der Waals surface area contributed by atoms with E-state index in [1.165, 1.54) is 24.4 Å². The fraction of sp³-hybridized carbons (Fsp3) is 0.0769. The average molecular weight is 353 g/mol. The van der Waals surface area contributed by atoms with Gasteiger partial charge in [-0.15, -0.1) is 0 Å². The Balaban J connectivity index is 2.55. The maximum atomic E-state index is 11.1. The number of aromatic carboxylic acids is 1. The first kappa shape index (κ1) is 14.9. The van der Waals surface area contributed by atoms with Crippen molar-refractivity contribution in [2.75, 3.05) is 0 Å². The molecule has 0 saturated carbocycles. The summed E-state index contributed by atoms with van der Waals surface area (Å²) in [5.41, 5.74) is 0.0380.